The third kappa shape index (κ3) is 3.43. The van der Waals surface area contributed by atoms with E-state index >= 15 is 0 Å². The van der Waals surface area contributed by atoms with Crippen molar-refractivity contribution in [2.75, 3.05) is 24.5 Å². The molecule has 3 heterocycles. The van der Waals surface area contributed by atoms with Crippen molar-refractivity contribution in [1.29, 1.82) is 0 Å². The van der Waals surface area contributed by atoms with Gasteiger partial charge in [-0.3, -0.25) is 9.78 Å². The topological polar surface area (TPSA) is 113 Å². The first-order valence-corrected chi connectivity index (χ1v) is 9.71. The zero-order valence-corrected chi connectivity index (χ0v) is 16.8. The Morgan fingerprint density at radius 3 is 2.79 bits per heavy atom. The number of aromatic amines is 2. The lowest BCUT2D eigenvalue weighted by Crippen LogP contribution is -2.43. The summed E-state index contributed by atoms with van der Waals surface area (Å²) < 4.78 is 5.73. The molecular formula is C18H20Cl2N6O2. The highest BCUT2D eigenvalue weighted by Gasteiger charge is 2.30. The van der Waals surface area contributed by atoms with Crippen LogP contribution in [0.5, 0.6) is 11.6 Å². The van der Waals surface area contributed by atoms with Crippen molar-refractivity contribution in [1.82, 2.24) is 20.2 Å². The molecule has 0 atom stereocenters. The zero-order valence-electron chi connectivity index (χ0n) is 15.3. The molecule has 2 aromatic heterocycles. The second kappa shape index (κ2) is 7.27. The molecule has 1 fully saturated rings. The summed E-state index contributed by atoms with van der Waals surface area (Å²) in [7, 11) is 0. The minimum absolute atomic E-state index is 0.129. The monoisotopic (exact) mass is 422 g/mol. The summed E-state index contributed by atoms with van der Waals surface area (Å²) in [5.74, 6) is 0.976. The number of nitrogens with one attached hydrogen (secondary N) is 2. The van der Waals surface area contributed by atoms with E-state index in [0.717, 1.165) is 25.9 Å². The Morgan fingerprint density at radius 1 is 1.32 bits per heavy atom. The summed E-state index contributed by atoms with van der Waals surface area (Å²) in [6, 6.07) is 5.00. The molecular weight excluding hydrogens is 403 g/mol. The fourth-order valence-corrected chi connectivity index (χ4v) is 3.58. The van der Waals surface area contributed by atoms with Gasteiger partial charge in [-0.2, -0.15) is 10.1 Å². The van der Waals surface area contributed by atoms with Gasteiger partial charge in [-0.05, 0) is 36.9 Å². The van der Waals surface area contributed by atoms with Gasteiger partial charge in [-0.15, -0.1) is 0 Å². The minimum atomic E-state index is -0.339. The van der Waals surface area contributed by atoms with Crippen molar-refractivity contribution in [2.45, 2.75) is 19.8 Å². The Kier molecular flexibility index (Phi) is 4.95. The van der Waals surface area contributed by atoms with E-state index in [9.17, 15) is 4.79 Å². The highest BCUT2D eigenvalue weighted by molar-refractivity contribution is 6.42. The van der Waals surface area contributed by atoms with E-state index in [1.165, 1.54) is 0 Å². The molecule has 0 saturated carbocycles. The van der Waals surface area contributed by atoms with Crippen molar-refractivity contribution in [2.24, 2.45) is 11.1 Å². The highest BCUT2D eigenvalue weighted by atomic mass is 35.5. The molecule has 10 heteroatoms. The molecule has 0 aliphatic carbocycles. The van der Waals surface area contributed by atoms with Crippen molar-refractivity contribution in [3.05, 3.63) is 38.6 Å². The molecule has 0 amide bonds. The molecule has 8 nitrogen and oxygen atoms in total. The Bertz CT molecular complexity index is 1070. The van der Waals surface area contributed by atoms with Crippen LogP contribution in [0.1, 0.15) is 19.8 Å². The van der Waals surface area contributed by atoms with E-state index in [1.807, 2.05) is 4.90 Å². The summed E-state index contributed by atoms with van der Waals surface area (Å²) in [6.07, 6.45) is 1.88. The van der Waals surface area contributed by atoms with Crippen molar-refractivity contribution in [3.63, 3.8) is 0 Å². The lowest BCUT2D eigenvalue weighted by atomic mass is 9.81. The molecule has 1 aromatic carbocycles. The number of halogens is 2. The van der Waals surface area contributed by atoms with Gasteiger partial charge in [0, 0.05) is 13.1 Å². The lowest BCUT2D eigenvalue weighted by Gasteiger charge is -2.38. The quantitative estimate of drug-likeness (QED) is 0.594. The molecule has 0 bridgehead atoms. The first-order chi connectivity index (χ1) is 13.4. The van der Waals surface area contributed by atoms with Crippen molar-refractivity contribution >= 4 is 40.2 Å². The number of ether oxygens (including phenoxy) is 1. The number of piperidine rings is 1. The van der Waals surface area contributed by atoms with Gasteiger partial charge in [-0.25, -0.2) is 5.10 Å². The number of anilines is 1. The van der Waals surface area contributed by atoms with Gasteiger partial charge in [0.1, 0.15) is 16.2 Å². The maximum absolute atomic E-state index is 12.7. The number of aromatic nitrogens is 4. The average molecular weight is 423 g/mol. The SMILES string of the molecule is CC1(CN)CCN(c2nc3n[nH]c(Oc4cccc(Cl)c4Cl)c3c(=O)[nH]2)CC1. The maximum Gasteiger partial charge on any atom is 0.267 e. The van der Waals surface area contributed by atoms with Crippen LogP contribution in [0.15, 0.2) is 23.0 Å². The first-order valence-electron chi connectivity index (χ1n) is 8.95. The summed E-state index contributed by atoms with van der Waals surface area (Å²) in [6.45, 7) is 4.38. The van der Waals surface area contributed by atoms with Crippen molar-refractivity contribution in [3.8, 4) is 11.6 Å². The van der Waals surface area contributed by atoms with E-state index in [4.69, 9.17) is 33.7 Å². The molecule has 4 N–H and O–H groups in total. The number of hydrogen-bond donors (Lipinski definition) is 3. The van der Waals surface area contributed by atoms with Crippen LogP contribution >= 0.6 is 23.2 Å². The maximum atomic E-state index is 12.7. The van der Waals surface area contributed by atoms with Crippen LogP contribution < -0.4 is 20.9 Å². The van der Waals surface area contributed by atoms with Gasteiger partial charge in [0.05, 0.1) is 5.02 Å². The molecule has 1 aliphatic rings. The molecule has 3 aromatic rings. The number of hydrogen-bond acceptors (Lipinski definition) is 6. The first kappa shape index (κ1) is 19.0. The van der Waals surface area contributed by atoms with E-state index in [1.54, 1.807) is 18.2 Å². The zero-order chi connectivity index (χ0) is 19.9. The fourth-order valence-electron chi connectivity index (χ4n) is 3.25. The number of nitrogens with zero attached hydrogens (tertiary/aromatic N) is 3. The number of benzene rings is 1. The Hall–Kier alpha value is -2.29. The smallest absolute Gasteiger partial charge is 0.267 e. The third-order valence-corrected chi connectivity index (χ3v) is 6.07. The Morgan fingerprint density at radius 2 is 2.07 bits per heavy atom. The summed E-state index contributed by atoms with van der Waals surface area (Å²) in [5, 5.41) is 7.67. The molecule has 0 radical (unpaired) electrons. The molecule has 1 saturated heterocycles. The highest BCUT2D eigenvalue weighted by Crippen LogP contribution is 2.35. The standard InChI is InChI=1S/C18H20Cl2N6O2/c1-18(9-21)5-7-26(8-6-18)17-22-14-12(15(27)23-17)16(25-24-14)28-11-4-2-3-10(19)13(11)20/h2-4H,5-9,21H2,1H3,(H2,22,23,24,25,27). The summed E-state index contributed by atoms with van der Waals surface area (Å²) in [5.41, 5.74) is 5.94. The van der Waals surface area contributed by atoms with Gasteiger partial charge >= 0.3 is 0 Å². The summed E-state index contributed by atoms with van der Waals surface area (Å²) in [4.78, 5) is 22.1. The van der Waals surface area contributed by atoms with Crippen LogP contribution in [0.3, 0.4) is 0 Å². The second-order valence-corrected chi connectivity index (χ2v) is 8.08. The fraction of sp³-hybridized carbons (Fsp3) is 0.389. The largest absolute Gasteiger partial charge is 0.437 e. The van der Waals surface area contributed by atoms with Crippen molar-refractivity contribution < 1.29 is 4.74 Å². The third-order valence-electron chi connectivity index (χ3n) is 5.27. The number of fused-ring (bicyclic) bond motifs is 1. The van der Waals surface area contributed by atoms with Crippen LogP contribution in [-0.2, 0) is 0 Å². The molecule has 0 unspecified atom stereocenters. The number of rotatable bonds is 4. The lowest BCUT2D eigenvalue weighted by molar-refractivity contribution is 0.257. The minimum Gasteiger partial charge on any atom is -0.437 e. The van der Waals surface area contributed by atoms with Crippen LogP contribution in [-0.4, -0.2) is 39.8 Å². The molecule has 0 spiro atoms. The van der Waals surface area contributed by atoms with E-state index in [0.29, 0.717) is 23.3 Å². The number of nitrogens with two attached hydrogens (primary N) is 1. The van der Waals surface area contributed by atoms with Gasteiger partial charge in [0.25, 0.3) is 5.56 Å². The summed E-state index contributed by atoms with van der Waals surface area (Å²) >= 11 is 12.2. The average Bonchev–Trinajstić information content (AvgIpc) is 3.09. The Balaban J connectivity index is 1.63. The second-order valence-electron chi connectivity index (χ2n) is 7.30. The van der Waals surface area contributed by atoms with Crippen LogP contribution in [0.2, 0.25) is 10.0 Å². The molecule has 4 rings (SSSR count). The molecule has 28 heavy (non-hydrogen) atoms. The predicted octanol–water partition coefficient (Wildman–Crippen LogP) is 3.31. The van der Waals surface area contributed by atoms with Gasteiger partial charge in [0.2, 0.25) is 11.8 Å². The van der Waals surface area contributed by atoms with E-state index < -0.39 is 0 Å². The van der Waals surface area contributed by atoms with Crippen LogP contribution in [0.25, 0.3) is 11.0 Å². The predicted molar refractivity (Wildman–Crippen MR) is 110 cm³/mol. The Labute approximate surface area is 171 Å². The number of H-pyrrole nitrogens is 2. The van der Waals surface area contributed by atoms with Gasteiger partial charge in [-0.1, -0.05) is 36.2 Å². The molecule has 148 valence electrons. The van der Waals surface area contributed by atoms with E-state index in [2.05, 4.69) is 27.1 Å². The van der Waals surface area contributed by atoms with Crippen LogP contribution in [0.4, 0.5) is 5.95 Å². The van der Waals surface area contributed by atoms with E-state index in [-0.39, 0.29) is 32.9 Å². The van der Waals surface area contributed by atoms with Gasteiger partial charge in [0.15, 0.2) is 5.65 Å². The van der Waals surface area contributed by atoms with Gasteiger partial charge < -0.3 is 15.4 Å². The van der Waals surface area contributed by atoms with Crippen LogP contribution in [0, 0.1) is 5.41 Å². The molecule has 1 aliphatic heterocycles. The normalized spacial score (nSPS) is 16.5.